The van der Waals surface area contributed by atoms with Crippen molar-refractivity contribution in [3.63, 3.8) is 0 Å². The minimum Gasteiger partial charge on any atom is -0.358 e. The number of benzene rings is 2. The molecule has 1 aliphatic carbocycles. The van der Waals surface area contributed by atoms with Crippen LogP contribution in [-0.4, -0.2) is 13.1 Å². The highest BCUT2D eigenvalue weighted by Gasteiger charge is 2.47. The lowest BCUT2D eigenvalue weighted by atomic mass is 9.77. The van der Waals surface area contributed by atoms with E-state index in [9.17, 15) is 0 Å². The average Bonchev–Trinajstić information content (AvgIpc) is 2.91. The number of nitrogens with one attached hydrogen (secondary N) is 1. The molecule has 0 radical (unpaired) electrons. The van der Waals surface area contributed by atoms with E-state index in [0.717, 1.165) is 12.8 Å². The van der Waals surface area contributed by atoms with Crippen molar-refractivity contribution in [1.29, 1.82) is 0 Å². The molecule has 1 fully saturated rings. The molecule has 1 heterocycles. The van der Waals surface area contributed by atoms with Crippen molar-refractivity contribution in [2.24, 2.45) is 0 Å². The van der Waals surface area contributed by atoms with Crippen LogP contribution < -0.4 is 5.32 Å². The van der Waals surface area contributed by atoms with Gasteiger partial charge in [0.05, 0.1) is 5.60 Å². The van der Waals surface area contributed by atoms with Crippen LogP contribution in [0.25, 0.3) is 0 Å². The molecule has 1 N–H and O–H groups in total. The van der Waals surface area contributed by atoms with Gasteiger partial charge in [-0.1, -0.05) is 48.5 Å². The summed E-state index contributed by atoms with van der Waals surface area (Å²) >= 11 is 0. The van der Waals surface area contributed by atoms with E-state index in [0.29, 0.717) is 6.04 Å². The second kappa shape index (κ2) is 5.77. The molecule has 1 saturated carbocycles. The normalized spacial score (nSPS) is 29.7. The fourth-order valence-electron chi connectivity index (χ4n) is 4.37. The standard InChI is InChI=1S/C21H25NO/c1-15-7-3-4-8-17(15)20-18-9-5-6-10-19(18)21(23-20)13-11-16(22-2)12-14-21/h3-10,16,20,22H,11-14H2,1-2H3. The summed E-state index contributed by atoms with van der Waals surface area (Å²) in [7, 11) is 2.07. The van der Waals surface area contributed by atoms with Crippen LogP contribution in [0.3, 0.4) is 0 Å². The van der Waals surface area contributed by atoms with Crippen molar-refractivity contribution in [2.75, 3.05) is 7.05 Å². The number of rotatable bonds is 2. The molecule has 1 unspecified atom stereocenters. The molecule has 0 saturated heterocycles. The van der Waals surface area contributed by atoms with Gasteiger partial charge < -0.3 is 10.1 Å². The fraction of sp³-hybridized carbons (Fsp3) is 0.429. The molecule has 0 aromatic heterocycles. The van der Waals surface area contributed by atoms with E-state index in [4.69, 9.17) is 4.74 Å². The summed E-state index contributed by atoms with van der Waals surface area (Å²) < 4.78 is 6.79. The summed E-state index contributed by atoms with van der Waals surface area (Å²) in [6, 6.07) is 18.1. The monoisotopic (exact) mass is 307 g/mol. The highest BCUT2D eigenvalue weighted by Crippen LogP contribution is 2.53. The van der Waals surface area contributed by atoms with Crippen LogP contribution in [-0.2, 0) is 10.3 Å². The lowest BCUT2D eigenvalue weighted by Gasteiger charge is -2.38. The van der Waals surface area contributed by atoms with E-state index >= 15 is 0 Å². The summed E-state index contributed by atoms with van der Waals surface area (Å²) in [6.45, 7) is 2.18. The van der Waals surface area contributed by atoms with Crippen molar-refractivity contribution in [3.8, 4) is 0 Å². The minimum absolute atomic E-state index is 0.0820. The largest absolute Gasteiger partial charge is 0.358 e. The van der Waals surface area contributed by atoms with Crippen molar-refractivity contribution < 1.29 is 4.74 Å². The van der Waals surface area contributed by atoms with Crippen LogP contribution in [0.2, 0.25) is 0 Å². The van der Waals surface area contributed by atoms with Gasteiger partial charge in [0.25, 0.3) is 0 Å². The second-order valence-corrected chi connectivity index (χ2v) is 7.00. The molecule has 2 aromatic rings. The first-order valence-electron chi connectivity index (χ1n) is 8.73. The number of hydrogen-bond donors (Lipinski definition) is 1. The van der Waals surface area contributed by atoms with Gasteiger partial charge in [0, 0.05) is 6.04 Å². The van der Waals surface area contributed by atoms with E-state index in [1.807, 2.05) is 0 Å². The summed E-state index contributed by atoms with van der Waals surface area (Å²) in [5.74, 6) is 0. The highest BCUT2D eigenvalue weighted by atomic mass is 16.5. The lowest BCUT2D eigenvalue weighted by molar-refractivity contribution is -0.0880. The van der Waals surface area contributed by atoms with E-state index in [1.165, 1.54) is 35.1 Å². The third-order valence-corrected chi connectivity index (χ3v) is 5.75. The van der Waals surface area contributed by atoms with Crippen LogP contribution in [0.15, 0.2) is 48.5 Å². The quantitative estimate of drug-likeness (QED) is 0.883. The molecule has 2 heteroatoms. The van der Waals surface area contributed by atoms with Crippen LogP contribution in [0.1, 0.15) is 54.0 Å². The van der Waals surface area contributed by atoms with Crippen molar-refractivity contribution in [2.45, 2.75) is 50.4 Å². The molecule has 4 rings (SSSR count). The maximum absolute atomic E-state index is 6.79. The zero-order chi connectivity index (χ0) is 15.9. The molecule has 0 amide bonds. The maximum Gasteiger partial charge on any atom is 0.109 e. The maximum atomic E-state index is 6.79. The van der Waals surface area contributed by atoms with Gasteiger partial charge in [-0.25, -0.2) is 0 Å². The Morgan fingerprint density at radius 3 is 2.30 bits per heavy atom. The zero-order valence-corrected chi connectivity index (χ0v) is 14.0. The molecule has 2 nitrogen and oxygen atoms in total. The molecule has 1 spiro atoms. The van der Waals surface area contributed by atoms with Crippen LogP contribution in [0.4, 0.5) is 0 Å². The first-order chi connectivity index (χ1) is 11.2. The first-order valence-corrected chi connectivity index (χ1v) is 8.73. The first kappa shape index (κ1) is 14.9. The molecule has 2 aromatic carbocycles. The molecule has 0 bridgehead atoms. The molecular formula is C21H25NO. The van der Waals surface area contributed by atoms with Crippen molar-refractivity contribution in [1.82, 2.24) is 5.32 Å². The molecule has 23 heavy (non-hydrogen) atoms. The third-order valence-electron chi connectivity index (χ3n) is 5.75. The Bertz CT molecular complexity index is 700. The Morgan fingerprint density at radius 1 is 0.957 bits per heavy atom. The predicted octanol–water partition coefficient (Wildman–Crippen LogP) is 4.47. The van der Waals surface area contributed by atoms with E-state index in [-0.39, 0.29) is 11.7 Å². The van der Waals surface area contributed by atoms with Crippen LogP contribution in [0, 0.1) is 6.92 Å². The number of ether oxygens (including phenoxy) is 1. The Labute approximate surface area is 138 Å². The van der Waals surface area contributed by atoms with Crippen molar-refractivity contribution in [3.05, 3.63) is 70.8 Å². The highest BCUT2D eigenvalue weighted by molar-refractivity contribution is 5.45. The van der Waals surface area contributed by atoms with E-state index < -0.39 is 0 Å². The van der Waals surface area contributed by atoms with Gasteiger partial charge in [-0.2, -0.15) is 0 Å². The summed E-state index contributed by atoms with van der Waals surface area (Å²) in [5.41, 5.74) is 5.32. The predicted molar refractivity (Wildman–Crippen MR) is 93.5 cm³/mol. The third kappa shape index (κ3) is 2.41. The molecule has 2 aliphatic rings. The summed E-state index contributed by atoms with van der Waals surface area (Å²) in [5, 5.41) is 3.43. The number of fused-ring (bicyclic) bond motifs is 2. The number of hydrogen-bond acceptors (Lipinski definition) is 2. The van der Waals surface area contributed by atoms with E-state index in [1.54, 1.807) is 0 Å². The number of aryl methyl sites for hydroxylation is 1. The van der Waals surface area contributed by atoms with Gasteiger partial charge in [0.1, 0.15) is 6.10 Å². The van der Waals surface area contributed by atoms with E-state index in [2.05, 4.69) is 67.8 Å². The summed E-state index contributed by atoms with van der Waals surface area (Å²) in [4.78, 5) is 0. The molecule has 1 atom stereocenters. The molecular weight excluding hydrogens is 282 g/mol. The Hall–Kier alpha value is -1.64. The SMILES string of the molecule is CNC1CCC2(CC1)OC(c1ccccc1C)c1ccccc12. The van der Waals surface area contributed by atoms with Crippen molar-refractivity contribution >= 4 is 0 Å². The topological polar surface area (TPSA) is 21.3 Å². The Morgan fingerprint density at radius 2 is 1.61 bits per heavy atom. The zero-order valence-electron chi connectivity index (χ0n) is 14.0. The lowest BCUT2D eigenvalue weighted by Crippen LogP contribution is -2.38. The fourth-order valence-corrected chi connectivity index (χ4v) is 4.37. The van der Waals surface area contributed by atoms with Gasteiger partial charge in [-0.3, -0.25) is 0 Å². The molecule has 120 valence electrons. The van der Waals surface area contributed by atoms with Gasteiger partial charge in [0.15, 0.2) is 0 Å². The smallest absolute Gasteiger partial charge is 0.109 e. The van der Waals surface area contributed by atoms with Gasteiger partial charge in [0.2, 0.25) is 0 Å². The second-order valence-electron chi connectivity index (χ2n) is 7.00. The van der Waals surface area contributed by atoms with Gasteiger partial charge >= 0.3 is 0 Å². The van der Waals surface area contributed by atoms with Crippen LogP contribution >= 0.6 is 0 Å². The Kier molecular flexibility index (Phi) is 3.74. The summed E-state index contributed by atoms with van der Waals surface area (Å²) in [6.07, 6.45) is 4.67. The Balaban J connectivity index is 1.74. The average molecular weight is 307 g/mol. The van der Waals surface area contributed by atoms with Crippen LogP contribution in [0.5, 0.6) is 0 Å². The van der Waals surface area contributed by atoms with Gasteiger partial charge in [-0.15, -0.1) is 0 Å². The minimum atomic E-state index is -0.0864. The van der Waals surface area contributed by atoms with Gasteiger partial charge in [-0.05, 0) is 61.9 Å². The molecule has 1 aliphatic heterocycles.